The van der Waals surface area contributed by atoms with E-state index >= 15 is 0 Å². The number of hydrogen-bond donors (Lipinski definition) is 2. The van der Waals surface area contributed by atoms with Crippen molar-refractivity contribution in [3.63, 3.8) is 0 Å². The van der Waals surface area contributed by atoms with Crippen molar-refractivity contribution in [3.05, 3.63) is 23.8 Å². The molecule has 2 rings (SSSR count). The zero-order valence-corrected chi connectivity index (χ0v) is 11.4. The first-order chi connectivity index (χ1) is 9.24. The van der Waals surface area contributed by atoms with Crippen molar-refractivity contribution in [2.75, 3.05) is 32.1 Å². The second kappa shape index (κ2) is 6.54. The predicted molar refractivity (Wildman–Crippen MR) is 73.6 cm³/mol. The van der Waals surface area contributed by atoms with Gasteiger partial charge in [0, 0.05) is 18.8 Å². The maximum absolute atomic E-state index is 12.0. The summed E-state index contributed by atoms with van der Waals surface area (Å²) in [6.45, 7) is 3.98. The summed E-state index contributed by atoms with van der Waals surface area (Å²) in [5, 5.41) is 6.01. The van der Waals surface area contributed by atoms with Crippen molar-refractivity contribution in [2.24, 2.45) is 0 Å². The minimum absolute atomic E-state index is 0.112. The van der Waals surface area contributed by atoms with Gasteiger partial charge >= 0.3 is 0 Å². The van der Waals surface area contributed by atoms with Crippen LogP contribution in [0, 0.1) is 0 Å². The van der Waals surface area contributed by atoms with E-state index < -0.39 is 6.10 Å². The Morgan fingerprint density at radius 2 is 2.42 bits per heavy atom. The molecule has 0 aromatic heterocycles. The Morgan fingerprint density at radius 1 is 1.58 bits per heavy atom. The van der Waals surface area contributed by atoms with Crippen LogP contribution in [0.1, 0.15) is 12.5 Å². The molecule has 0 radical (unpaired) electrons. The number of ether oxygens (including phenoxy) is 2. The van der Waals surface area contributed by atoms with Crippen LogP contribution >= 0.6 is 0 Å². The molecule has 1 unspecified atom stereocenters. The van der Waals surface area contributed by atoms with E-state index in [0.29, 0.717) is 13.2 Å². The van der Waals surface area contributed by atoms with E-state index in [1.807, 2.05) is 18.2 Å². The van der Waals surface area contributed by atoms with E-state index in [9.17, 15) is 4.79 Å². The smallest absolute Gasteiger partial charge is 0.254 e. The van der Waals surface area contributed by atoms with Crippen LogP contribution in [-0.4, -0.2) is 38.8 Å². The molecule has 1 aliphatic heterocycles. The average molecular weight is 264 g/mol. The van der Waals surface area contributed by atoms with Crippen LogP contribution in [0.5, 0.6) is 5.75 Å². The van der Waals surface area contributed by atoms with Crippen LogP contribution in [0.3, 0.4) is 0 Å². The fourth-order valence-electron chi connectivity index (χ4n) is 2.09. The molecule has 1 heterocycles. The summed E-state index contributed by atoms with van der Waals surface area (Å²) in [5.74, 6) is 0.732. The first-order valence-corrected chi connectivity index (χ1v) is 6.54. The minimum Gasteiger partial charge on any atom is -0.496 e. The van der Waals surface area contributed by atoms with E-state index in [1.165, 1.54) is 0 Å². The lowest BCUT2D eigenvalue weighted by Crippen LogP contribution is -2.45. The maximum Gasteiger partial charge on any atom is 0.254 e. The number of nitrogens with one attached hydrogen (secondary N) is 2. The summed E-state index contributed by atoms with van der Waals surface area (Å²) >= 11 is 0. The van der Waals surface area contributed by atoms with Crippen LogP contribution in [0.15, 0.2) is 18.2 Å². The van der Waals surface area contributed by atoms with Crippen molar-refractivity contribution in [2.45, 2.75) is 19.4 Å². The highest BCUT2D eigenvalue weighted by Gasteiger charge is 2.21. The third-order valence-electron chi connectivity index (χ3n) is 3.15. The first-order valence-electron chi connectivity index (χ1n) is 6.54. The molecule has 1 aromatic rings. The molecule has 19 heavy (non-hydrogen) atoms. The van der Waals surface area contributed by atoms with E-state index in [2.05, 4.69) is 17.6 Å². The molecule has 1 aromatic carbocycles. The second-order valence-electron chi connectivity index (χ2n) is 4.43. The highest BCUT2D eigenvalue weighted by atomic mass is 16.5. The minimum atomic E-state index is -0.416. The first kappa shape index (κ1) is 13.8. The Hall–Kier alpha value is -1.59. The molecule has 1 amide bonds. The molecule has 5 nitrogen and oxygen atoms in total. The summed E-state index contributed by atoms with van der Waals surface area (Å²) in [6.07, 6.45) is 0.440. The van der Waals surface area contributed by atoms with Crippen LogP contribution in [0.4, 0.5) is 5.69 Å². The van der Waals surface area contributed by atoms with E-state index in [1.54, 1.807) is 7.11 Å². The van der Waals surface area contributed by atoms with Gasteiger partial charge in [-0.25, -0.2) is 0 Å². The molecule has 0 bridgehead atoms. The summed E-state index contributed by atoms with van der Waals surface area (Å²) in [5.41, 5.74) is 1.85. The fourth-order valence-corrected chi connectivity index (χ4v) is 2.09. The van der Waals surface area contributed by atoms with Gasteiger partial charge in [-0.3, -0.25) is 4.79 Å². The molecule has 1 aliphatic rings. The van der Waals surface area contributed by atoms with Gasteiger partial charge in [0.05, 0.1) is 13.7 Å². The van der Waals surface area contributed by atoms with Gasteiger partial charge in [-0.1, -0.05) is 6.92 Å². The Labute approximate surface area is 113 Å². The number of benzene rings is 1. The normalized spacial score (nSPS) is 18.9. The molecule has 2 N–H and O–H groups in total. The number of morpholine rings is 1. The number of rotatable bonds is 4. The van der Waals surface area contributed by atoms with Gasteiger partial charge in [0.1, 0.15) is 11.9 Å². The predicted octanol–water partition coefficient (Wildman–Crippen LogP) is 1.18. The largest absolute Gasteiger partial charge is 0.496 e. The third-order valence-corrected chi connectivity index (χ3v) is 3.15. The van der Waals surface area contributed by atoms with E-state index in [-0.39, 0.29) is 5.91 Å². The Morgan fingerprint density at radius 3 is 3.05 bits per heavy atom. The molecule has 104 valence electrons. The zero-order chi connectivity index (χ0) is 13.7. The Kier molecular flexibility index (Phi) is 4.76. The van der Waals surface area contributed by atoms with Crippen LogP contribution in [0.25, 0.3) is 0 Å². The van der Waals surface area contributed by atoms with Crippen molar-refractivity contribution in [3.8, 4) is 5.75 Å². The molecular weight excluding hydrogens is 244 g/mol. The van der Waals surface area contributed by atoms with Crippen LogP contribution in [0.2, 0.25) is 0 Å². The van der Waals surface area contributed by atoms with Gasteiger partial charge < -0.3 is 20.1 Å². The Bertz CT molecular complexity index is 442. The number of methoxy groups -OCH3 is 1. The maximum atomic E-state index is 12.0. The molecule has 1 saturated heterocycles. The van der Waals surface area contributed by atoms with Gasteiger partial charge in [0.2, 0.25) is 0 Å². The quantitative estimate of drug-likeness (QED) is 0.857. The second-order valence-corrected chi connectivity index (χ2v) is 4.43. The lowest BCUT2D eigenvalue weighted by Gasteiger charge is -2.22. The summed E-state index contributed by atoms with van der Waals surface area (Å²) < 4.78 is 10.7. The number of carbonyl (C=O) groups is 1. The van der Waals surface area contributed by atoms with E-state index in [0.717, 1.165) is 30.0 Å². The van der Waals surface area contributed by atoms with E-state index in [4.69, 9.17) is 9.47 Å². The van der Waals surface area contributed by atoms with Gasteiger partial charge in [-0.15, -0.1) is 0 Å². The zero-order valence-electron chi connectivity index (χ0n) is 11.4. The highest BCUT2D eigenvalue weighted by molar-refractivity contribution is 5.94. The number of hydrogen-bond acceptors (Lipinski definition) is 4. The van der Waals surface area contributed by atoms with Crippen LogP contribution in [-0.2, 0) is 16.0 Å². The molecule has 1 fully saturated rings. The molecule has 0 saturated carbocycles. The summed E-state index contributed by atoms with van der Waals surface area (Å²) in [4.78, 5) is 12.0. The fraction of sp³-hybridized carbons (Fsp3) is 0.500. The van der Waals surface area contributed by atoms with Crippen molar-refractivity contribution < 1.29 is 14.3 Å². The van der Waals surface area contributed by atoms with Crippen molar-refractivity contribution in [1.29, 1.82) is 0 Å². The molecule has 1 atom stereocenters. The van der Waals surface area contributed by atoms with Gasteiger partial charge in [-0.2, -0.15) is 0 Å². The Balaban J connectivity index is 2.03. The van der Waals surface area contributed by atoms with Crippen molar-refractivity contribution >= 4 is 11.6 Å². The topological polar surface area (TPSA) is 59.6 Å². The van der Waals surface area contributed by atoms with Gasteiger partial charge in [0.15, 0.2) is 0 Å². The number of amides is 1. The number of aryl methyl sites for hydroxylation is 1. The summed E-state index contributed by atoms with van der Waals surface area (Å²) in [7, 11) is 1.65. The monoisotopic (exact) mass is 264 g/mol. The SMILES string of the molecule is CCc1cc(NC(=O)C2CNCCO2)ccc1OC. The van der Waals surface area contributed by atoms with Crippen LogP contribution < -0.4 is 15.4 Å². The standard InChI is InChI=1S/C14H20N2O3/c1-3-10-8-11(4-5-12(10)18-2)16-14(17)13-9-15-6-7-19-13/h4-5,8,13,15H,3,6-7,9H2,1-2H3,(H,16,17). The molecular formula is C14H20N2O3. The average Bonchev–Trinajstić information content (AvgIpc) is 2.48. The molecule has 0 spiro atoms. The number of anilines is 1. The molecule has 0 aliphatic carbocycles. The lowest BCUT2D eigenvalue weighted by atomic mass is 10.1. The third kappa shape index (κ3) is 3.45. The lowest BCUT2D eigenvalue weighted by molar-refractivity contribution is -0.128. The van der Waals surface area contributed by atoms with Crippen molar-refractivity contribution in [1.82, 2.24) is 5.32 Å². The van der Waals surface area contributed by atoms with Gasteiger partial charge in [-0.05, 0) is 30.2 Å². The highest BCUT2D eigenvalue weighted by Crippen LogP contribution is 2.23. The van der Waals surface area contributed by atoms with Gasteiger partial charge in [0.25, 0.3) is 5.91 Å². The summed E-state index contributed by atoms with van der Waals surface area (Å²) in [6, 6.07) is 5.65. The molecule has 5 heteroatoms. The number of carbonyl (C=O) groups excluding carboxylic acids is 1.